The van der Waals surface area contributed by atoms with Gasteiger partial charge in [0.15, 0.2) is 5.78 Å². The highest BCUT2D eigenvalue weighted by Crippen LogP contribution is 2.37. The van der Waals surface area contributed by atoms with Crippen LogP contribution in [0.2, 0.25) is 0 Å². The van der Waals surface area contributed by atoms with Gasteiger partial charge in [-0.3, -0.25) is 4.79 Å². The third-order valence-corrected chi connectivity index (χ3v) is 3.96. The van der Waals surface area contributed by atoms with Crippen molar-refractivity contribution in [3.63, 3.8) is 0 Å². The van der Waals surface area contributed by atoms with E-state index in [1.807, 2.05) is 20.8 Å². The van der Waals surface area contributed by atoms with Gasteiger partial charge < -0.3 is 10.1 Å². The number of hydrogen-bond acceptors (Lipinski definition) is 3. The van der Waals surface area contributed by atoms with Crippen LogP contribution in [0.25, 0.3) is 0 Å². The standard InChI is InChI=1S/C13H18BrNO2/c1-7-8(2)13(17-5)12(14)9(3)11(7)10(16)6-15-4/h15H,6H2,1-5H3. The first-order valence-electron chi connectivity index (χ1n) is 5.46. The Morgan fingerprint density at radius 1 is 1.24 bits per heavy atom. The Balaban J connectivity index is 3.48. The molecule has 17 heavy (non-hydrogen) atoms. The second-order valence-corrected chi connectivity index (χ2v) is 4.84. The topological polar surface area (TPSA) is 38.3 Å². The van der Waals surface area contributed by atoms with Gasteiger partial charge in [-0.2, -0.15) is 0 Å². The summed E-state index contributed by atoms with van der Waals surface area (Å²) in [5.74, 6) is 0.912. The summed E-state index contributed by atoms with van der Waals surface area (Å²) in [5, 5.41) is 2.89. The van der Waals surface area contributed by atoms with Gasteiger partial charge >= 0.3 is 0 Å². The number of methoxy groups -OCH3 is 1. The Hall–Kier alpha value is -0.870. The van der Waals surface area contributed by atoms with E-state index in [1.54, 1.807) is 14.2 Å². The summed E-state index contributed by atoms with van der Waals surface area (Å²) in [6.07, 6.45) is 0. The van der Waals surface area contributed by atoms with Crippen LogP contribution in [0.15, 0.2) is 4.47 Å². The van der Waals surface area contributed by atoms with Crippen molar-refractivity contribution >= 4 is 21.7 Å². The molecule has 0 aromatic heterocycles. The van der Waals surface area contributed by atoms with Gasteiger partial charge in [-0.15, -0.1) is 0 Å². The number of ether oxygens (including phenoxy) is 1. The number of halogens is 1. The summed E-state index contributed by atoms with van der Waals surface area (Å²) in [7, 11) is 3.41. The van der Waals surface area contributed by atoms with Crippen LogP contribution in [0.5, 0.6) is 5.75 Å². The van der Waals surface area contributed by atoms with Crippen LogP contribution in [-0.4, -0.2) is 26.5 Å². The second-order valence-electron chi connectivity index (χ2n) is 4.05. The monoisotopic (exact) mass is 299 g/mol. The van der Waals surface area contributed by atoms with Crippen LogP contribution in [0.4, 0.5) is 0 Å². The molecule has 0 aliphatic carbocycles. The summed E-state index contributed by atoms with van der Waals surface area (Å²) < 4.78 is 6.22. The smallest absolute Gasteiger partial charge is 0.177 e. The molecule has 0 unspecified atom stereocenters. The molecule has 1 rings (SSSR count). The number of carbonyl (C=O) groups excluding carboxylic acids is 1. The van der Waals surface area contributed by atoms with Crippen molar-refractivity contribution in [2.75, 3.05) is 20.7 Å². The lowest BCUT2D eigenvalue weighted by Crippen LogP contribution is -2.21. The van der Waals surface area contributed by atoms with Gasteiger partial charge in [0.2, 0.25) is 0 Å². The molecule has 0 atom stereocenters. The minimum atomic E-state index is 0.106. The van der Waals surface area contributed by atoms with Gasteiger partial charge in [-0.1, -0.05) is 0 Å². The van der Waals surface area contributed by atoms with Crippen LogP contribution in [0, 0.1) is 20.8 Å². The fraction of sp³-hybridized carbons (Fsp3) is 0.462. The number of carbonyl (C=O) groups is 1. The molecule has 0 saturated heterocycles. The van der Waals surface area contributed by atoms with E-state index in [-0.39, 0.29) is 5.78 Å². The van der Waals surface area contributed by atoms with Crippen molar-refractivity contribution in [3.8, 4) is 5.75 Å². The highest BCUT2D eigenvalue weighted by atomic mass is 79.9. The van der Waals surface area contributed by atoms with E-state index >= 15 is 0 Å². The van der Waals surface area contributed by atoms with Gasteiger partial charge in [0, 0.05) is 5.56 Å². The minimum absolute atomic E-state index is 0.106. The molecule has 94 valence electrons. The van der Waals surface area contributed by atoms with Gasteiger partial charge in [-0.25, -0.2) is 0 Å². The van der Waals surface area contributed by atoms with Crippen LogP contribution >= 0.6 is 15.9 Å². The number of likely N-dealkylation sites (N-methyl/N-ethyl adjacent to an activating group) is 1. The van der Waals surface area contributed by atoms with Crippen LogP contribution in [-0.2, 0) is 0 Å². The van der Waals surface area contributed by atoms with E-state index in [0.29, 0.717) is 6.54 Å². The predicted octanol–water partition coefficient (Wildman–Crippen LogP) is 2.79. The molecule has 3 nitrogen and oxygen atoms in total. The SMILES string of the molecule is CNCC(=O)c1c(C)c(C)c(OC)c(Br)c1C. The van der Waals surface area contributed by atoms with E-state index in [0.717, 1.165) is 32.5 Å². The van der Waals surface area contributed by atoms with Gasteiger partial charge in [0.05, 0.1) is 18.1 Å². The molecule has 0 amide bonds. The van der Waals surface area contributed by atoms with E-state index in [4.69, 9.17) is 4.74 Å². The van der Waals surface area contributed by atoms with Crippen LogP contribution < -0.4 is 10.1 Å². The van der Waals surface area contributed by atoms with Gasteiger partial charge in [-0.05, 0) is 60.4 Å². The zero-order chi connectivity index (χ0) is 13.2. The molecule has 4 heteroatoms. The molecule has 0 aliphatic heterocycles. The predicted molar refractivity (Wildman–Crippen MR) is 73.2 cm³/mol. The lowest BCUT2D eigenvalue weighted by Gasteiger charge is -2.17. The molecule has 0 bridgehead atoms. The normalized spacial score (nSPS) is 10.5. The lowest BCUT2D eigenvalue weighted by molar-refractivity contribution is 0.0992. The molecule has 1 aromatic carbocycles. The Morgan fingerprint density at radius 2 is 1.82 bits per heavy atom. The third kappa shape index (κ3) is 2.53. The first-order valence-corrected chi connectivity index (χ1v) is 6.26. The fourth-order valence-electron chi connectivity index (χ4n) is 1.99. The van der Waals surface area contributed by atoms with Crippen molar-refractivity contribution in [1.82, 2.24) is 5.32 Å². The molecule has 0 saturated carbocycles. The maximum atomic E-state index is 12.1. The second kappa shape index (κ2) is 5.65. The maximum absolute atomic E-state index is 12.1. The number of Topliss-reactive ketones (excluding diaryl/α,β-unsaturated/α-hetero) is 1. The Bertz CT molecular complexity index is 426. The number of rotatable bonds is 4. The van der Waals surface area contributed by atoms with Crippen molar-refractivity contribution in [2.45, 2.75) is 20.8 Å². The minimum Gasteiger partial charge on any atom is -0.495 e. The quantitative estimate of drug-likeness (QED) is 0.869. The van der Waals surface area contributed by atoms with Crippen molar-refractivity contribution < 1.29 is 9.53 Å². The largest absolute Gasteiger partial charge is 0.495 e. The van der Waals surface area contributed by atoms with E-state index < -0.39 is 0 Å². The molecule has 1 aromatic rings. The number of benzene rings is 1. The average Bonchev–Trinajstić information content (AvgIpc) is 2.28. The molecule has 1 N–H and O–H groups in total. The van der Waals surface area contributed by atoms with E-state index in [2.05, 4.69) is 21.2 Å². The van der Waals surface area contributed by atoms with E-state index in [9.17, 15) is 4.79 Å². The molecule has 0 aliphatic rings. The first kappa shape index (κ1) is 14.2. The Morgan fingerprint density at radius 3 is 2.29 bits per heavy atom. The summed E-state index contributed by atoms with van der Waals surface area (Å²) in [5.41, 5.74) is 3.71. The van der Waals surface area contributed by atoms with Crippen molar-refractivity contribution in [2.24, 2.45) is 0 Å². The van der Waals surface area contributed by atoms with Gasteiger partial charge in [0.25, 0.3) is 0 Å². The lowest BCUT2D eigenvalue weighted by atomic mass is 9.94. The molecule has 0 spiro atoms. The number of nitrogens with one attached hydrogen (secondary N) is 1. The highest BCUT2D eigenvalue weighted by molar-refractivity contribution is 9.10. The molecule has 0 heterocycles. The van der Waals surface area contributed by atoms with Crippen LogP contribution in [0.3, 0.4) is 0 Å². The first-order chi connectivity index (χ1) is 7.95. The van der Waals surface area contributed by atoms with Crippen molar-refractivity contribution in [3.05, 3.63) is 26.7 Å². The maximum Gasteiger partial charge on any atom is 0.177 e. The Labute approximate surface area is 111 Å². The number of ketones is 1. The zero-order valence-corrected chi connectivity index (χ0v) is 12.5. The summed E-state index contributed by atoms with van der Waals surface area (Å²) in [6, 6.07) is 0. The average molecular weight is 300 g/mol. The zero-order valence-electron chi connectivity index (χ0n) is 10.9. The van der Waals surface area contributed by atoms with E-state index in [1.165, 1.54) is 0 Å². The molecule has 0 radical (unpaired) electrons. The molecular weight excluding hydrogens is 282 g/mol. The third-order valence-electron chi connectivity index (χ3n) is 3.00. The van der Waals surface area contributed by atoms with Gasteiger partial charge in [0.1, 0.15) is 5.75 Å². The molecular formula is C13H18BrNO2. The van der Waals surface area contributed by atoms with Crippen LogP contribution in [0.1, 0.15) is 27.0 Å². The fourth-order valence-corrected chi connectivity index (χ4v) is 2.65. The summed E-state index contributed by atoms with van der Waals surface area (Å²) >= 11 is 3.50. The summed E-state index contributed by atoms with van der Waals surface area (Å²) in [6.45, 7) is 6.20. The Kier molecular flexibility index (Phi) is 4.71. The number of hydrogen-bond donors (Lipinski definition) is 1. The molecule has 0 fully saturated rings. The highest BCUT2D eigenvalue weighted by Gasteiger charge is 2.20. The van der Waals surface area contributed by atoms with Crippen molar-refractivity contribution in [1.29, 1.82) is 0 Å². The summed E-state index contributed by atoms with van der Waals surface area (Å²) in [4.78, 5) is 12.1.